The standard InChI is InChI=1S/C11H10O.C7H8O.C3H8.8C2H6/c1-12-11-7-6-9-4-2-3-5-10(9)8-11;1-8-7-5-3-2-4-6-7;1-3-2;8*1-2/h2-8H,1H3;2-6H,1H3;3H2,1-2H3;8*1-2H3. The summed E-state index contributed by atoms with van der Waals surface area (Å²) in [6.07, 6.45) is 1.25. The van der Waals surface area contributed by atoms with Crippen molar-refractivity contribution < 1.29 is 9.47 Å². The summed E-state index contributed by atoms with van der Waals surface area (Å²) in [5.74, 6) is 1.82. The van der Waals surface area contributed by atoms with E-state index in [4.69, 9.17) is 9.47 Å². The Morgan fingerprint density at radius 1 is 0.385 bits per heavy atom. The number of rotatable bonds is 2. The van der Waals surface area contributed by atoms with Crippen molar-refractivity contribution in [3.05, 3.63) is 72.8 Å². The molecule has 2 nitrogen and oxygen atoms in total. The maximum atomic E-state index is 5.12. The molecule has 0 aliphatic carbocycles. The van der Waals surface area contributed by atoms with Gasteiger partial charge >= 0.3 is 0 Å². The fraction of sp³-hybridized carbons (Fsp3) is 0.568. The van der Waals surface area contributed by atoms with Crippen molar-refractivity contribution in [1.29, 1.82) is 0 Å². The Kier molecular flexibility index (Phi) is 102. The Hall–Kier alpha value is -2.48. The first-order valence-corrected chi connectivity index (χ1v) is 15.9. The smallest absolute Gasteiger partial charge is 0.119 e. The third kappa shape index (κ3) is 45.8. The summed E-state index contributed by atoms with van der Waals surface area (Å²) in [5, 5.41) is 2.47. The van der Waals surface area contributed by atoms with Gasteiger partial charge < -0.3 is 9.47 Å². The molecule has 0 aromatic heterocycles. The Balaban J connectivity index is -0.0000000523. The molecule has 234 valence electrons. The average molecular weight is 551 g/mol. The summed E-state index contributed by atoms with van der Waals surface area (Å²) >= 11 is 0. The van der Waals surface area contributed by atoms with Gasteiger partial charge in [-0.05, 0) is 35.0 Å². The molecule has 0 heterocycles. The van der Waals surface area contributed by atoms with E-state index in [0.29, 0.717) is 0 Å². The molecular weight excluding hydrogens is 476 g/mol. The van der Waals surface area contributed by atoms with Crippen LogP contribution in [0.3, 0.4) is 0 Å². The number of hydrogen-bond acceptors (Lipinski definition) is 2. The summed E-state index contributed by atoms with van der Waals surface area (Å²) in [6.45, 7) is 36.2. The molecule has 0 unspecified atom stereocenters. The lowest BCUT2D eigenvalue weighted by atomic mass is 10.1. The van der Waals surface area contributed by atoms with Gasteiger partial charge in [0.15, 0.2) is 0 Å². The van der Waals surface area contributed by atoms with Crippen LogP contribution >= 0.6 is 0 Å². The fourth-order valence-corrected chi connectivity index (χ4v) is 1.85. The predicted octanol–water partition coefficient (Wildman–Crippen LogP) is 14.2. The van der Waals surface area contributed by atoms with Crippen molar-refractivity contribution in [2.75, 3.05) is 14.2 Å². The lowest BCUT2D eigenvalue weighted by Crippen LogP contribution is -1.81. The van der Waals surface area contributed by atoms with E-state index in [9.17, 15) is 0 Å². The van der Waals surface area contributed by atoms with Crippen molar-refractivity contribution in [2.24, 2.45) is 0 Å². The van der Waals surface area contributed by atoms with Gasteiger partial charge in [-0.3, -0.25) is 0 Å². The number of benzene rings is 3. The van der Waals surface area contributed by atoms with Crippen LogP contribution in [0.15, 0.2) is 72.8 Å². The molecule has 0 saturated carbocycles. The molecule has 3 aromatic carbocycles. The minimum atomic E-state index is 0.910. The zero-order chi connectivity index (χ0) is 32.9. The predicted molar refractivity (Wildman–Crippen MR) is 190 cm³/mol. The Morgan fingerprint density at radius 3 is 1.00 bits per heavy atom. The van der Waals surface area contributed by atoms with Crippen LogP contribution in [-0.2, 0) is 0 Å². The molecule has 0 atom stereocenters. The normalized spacial score (nSPS) is 6.56. The van der Waals surface area contributed by atoms with E-state index in [0.717, 1.165) is 11.5 Å². The average Bonchev–Trinajstić information content (AvgIpc) is 3.09. The molecule has 0 aliphatic rings. The molecule has 3 rings (SSSR count). The van der Waals surface area contributed by atoms with Gasteiger partial charge in [0.05, 0.1) is 14.2 Å². The van der Waals surface area contributed by atoms with Crippen molar-refractivity contribution in [1.82, 2.24) is 0 Å². The Morgan fingerprint density at radius 2 is 0.692 bits per heavy atom. The van der Waals surface area contributed by atoms with Crippen LogP contribution < -0.4 is 9.47 Å². The van der Waals surface area contributed by atoms with Crippen molar-refractivity contribution in [3.63, 3.8) is 0 Å². The summed E-state index contributed by atoms with van der Waals surface area (Å²) in [6, 6.07) is 24.0. The lowest BCUT2D eigenvalue weighted by molar-refractivity contribution is 0.415. The first-order chi connectivity index (χ1) is 19.2. The topological polar surface area (TPSA) is 18.5 Å². The molecular formula is C37H74O2. The summed E-state index contributed by atoms with van der Waals surface area (Å²) in [7, 11) is 3.35. The zero-order valence-corrected chi connectivity index (χ0v) is 30.5. The van der Waals surface area contributed by atoms with Crippen molar-refractivity contribution in [3.8, 4) is 11.5 Å². The van der Waals surface area contributed by atoms with Crippen LogP contribution in [0.1, 0.15) is 131 Å². The number of hydrogen-bond donors (Lipinski definition) is 0. The number of fused-ring (bicyclic) bond motifs is 1. The van der Waals surface area contributed by atoms with Gasteiger partial charge in [-0.25, -0.2) is 0 Å². The van der Waals surface area contributed by atoms with E-state index in [1.165, 1.54) is 17.2 Å². The van der Waals surface area contributed by atoms with E-state index >= 15 is 0 Å². The highest BCUT2D eigenvalue weighted by atomic mass is 16.5. The third-order valence-corrected chi connectivity index (χ3v) is 2.94. The van der Waals surface area contributed by atoms with E-state index in [-0.39, 0.29) is 0 Å². The monoisotopic (exact) mass is 551 g/mol. The van der Waals surface area contributed by atoms with Gasteiger partial charge in [-0.1, -0.05) is 180 Å². The van der Waals surface area contributed by atoms with E-state index in [1.807, 2.05) is 165 Å². The van der Waals surface area contributed by atoms with Crippen LogP contribution in [0.4, 0.5) is 0 Å². The summed E-state index contributed by atoms with van der Waals surface area (Å²) in [4.78, 5) is 0. The molecule has 0 bridgehead atoms. The number of ether oxygens (including phenoxy) is 2. The van der Waals surface area contributed by atoms with Crippen LogP contribution in [0.5, 0.6) is 11.5 Å². The molecule has 0 fully saturated rings. The first kappa shape index (κ1) is 56.6. The largest absolute Gasteiger partial charge is 0.497 e. The van der Waals surface area contributed by atoms with Gasteiger partial charge in [0, 0.05) is 0 Å². The van der Waals surface area contributed by atoms with E-state index < -0.39 is 0 Å². The quantitative estimate of drug-likeness (QED) is 0.316. The van der Waals surface area contributed by atoms with Crippen LogP contribution in [-0.4, -0.2) is 14.2 Å². The fourth-order valence-electron chi connectivity index (χ4n) is 1.85. The molecule has 39 heavy (non-hydrogen) atoms. The molecule has 0 N–H and O–H groups in total. The lowest BCUT2D eigenvalue weighted by Gasteiger charge is -2.00. The number of methoxy groups -OCH3 is 2. The molecule has 2 heteroatoms. The third-order valence-electron chi connectivity index (χ3n) is 2.94. The summed E-state index contributed by atoms with van der Waals surface area (Å²) in [5.41, 5.74) is 0. The maximum absolute atomic E-state index is 5.12. The molecule has 0 amide bonds. The Labute approximate surface area is 249 Å². The SMILES string of the molecule is CC.CC.CC.CC.CC.CC.CC.CC.CCC.COc1ccc2ccccc2c1.COc1ccccc1. The van der Waals surface area contributed by atoms with Crippen LogP contribution in [0, 0.1) is 0 Å². The van der Waals surface area contributed by atoms with Gasteiger partial charge in [-0.15, -0.1) is 0 Å². The van der Waals surface area contributed by atoms with Gasteiger partial charge in [0.25, 0.3) is 0 Å². The second kappa shape index (κ2) is 70.4. The molecule has 0 aliphatic heterocycles. The molecule has 0 radical (unpaired) electrons. The van der Waals surface area contributed by atoms with E-state index in [1.54, 1.807) is 14.2 Å². The molecule has 0 spiro atoms. The Bertz CT molecular complexity index is 664. The van der Waals surface area contributed by atoms with Gasteiger partial charge in [-0.2, -0.15) is 0 Å². The molecule has 0 saturated heterocycles. The van der Waals surface area contributed by atoms with E-state index in [2.05, 4.69) is 32.0 Å². The van der Waals surface area contributed by atoms with Crippen molar-refractivity contribution in [2.45, 2.75) is 131 Å². The highest BCUT2D eigenvalue weighted by Gasteiger charge is 1.93. The maximum Gasteiger partial charge on any atom is 0.119 e. The summed E-state index contributed by atoms with van der Waals surface area (Å²) < 4.78 is 10.0. The highest BCUT2D eigenvalue weighted by Crippen LogP contribution is 2.19. The minimum Gasteiger partial charge on any atom is -0.497 e. The van der Waals surface area contributed by atoms with Gasteiger partial charge in [0.2, 0.25) is 0 Å². The minimum absolute atomic E-state index is 0.910. The second-order valence-corrected chi connectivity index (χ2v) is 4.94. The second-order valence-electron chi connectivity index (χ2n) is 4.94. The van der Waals surface area contributed by atoms with Crippen LogP contribution in [0.25, 0.3) is 10.8 Å². The number of para-hydroxylation sites is 1. The molecule has 3 aromatic rings. The highest BCUT2D eigenvalue weighted by molar-refractivity contribution is 5.83. The first-order valence-electron chi connectivity index (χ1n) is 15.9. The van der Waals surface area contributed by atoms with Crippen LogP contribution in [0.2, 0.25) is 0 Å². The van der Waals surface area contributed by atoms with Gasteiger partial charge in [0.1, 0.15) is 11.5 Å². The zero-order valence-electron chi connectivity index (χ0n) is 30.5. The van der Waals surface area contributed by atoms with Crippen molar-refractivity contribution >= 4 is 10.8 Å².